The predicted octanol–water partition coefficient (Wildman–Crippen LogP) is 3.28. The van der Waals surface area contributed by atoms with E-state index in [2.05, 4.69) is 15.5 Å². The SMILES string of the molecule is CCOC(=O)c1ccc(-c2ccc(/C=N\NC(=O)c3ccccn3)o2)cc1. The minimum Gasteiger partial charge on any atom is -0.462 e. The zero-order valence-corrected chi connectivity index (χ0v) is 14.6. The number of hydrogen-bond acceptors (Lipinski definition) is 6. The number of rotatable bonds is 6. The Morgan fingerprint density at radius 2 is 1.96 bits per heavy atom. The first-order chi connectivity index (χ1) is 13.2. The largest absolute Gasteiger partial charge is 0.462 e. The molecule has 27 heavy (non-hydrogen) atoms. The zero-order chi connectivity index (χ0) is 19.1. The van der Waals surface area contributed by atoms with Crippen LogP contribution in [-0.2, 0) is 4.74 Å². The Morgan fingerprint density at radius 1 is 1.15 bits per heavy atom. The first kappa shape index (κ1) is 18.1. The van der Waals surface area contributed by atoms with Crippen molar-refractivity contribution in [3.05, 3.63) is 77.8 Å². The second-order valence-electron chi connectivity index (χ2n) is 5.41. The molecule has 3 aromatic rings. The lowest BCUT2D eigenvalue weighted by atomic mass is 10.1. The maximum Gasteiger partial charge on any atom is 0.338 e. The minimum atomic E-state index is -0.409. The molecule has 2 aromatic heterocycles. The third kappa shape index (κ3) is 4.66. The molecule has 1 N–H and O–H groups in total. The molecule has 2 heterocycles. The summed E-state index contributed by atoms with van der Waals surface area (Å²) >= 11 is 0. The van der Waals surface area contributed by atoms with E-state index in [1.165, 1.54) is 12.4 Å². The maximum absolute atomic E-state index is 11.8. The van der Waals surface area contributed by atoms with Crippen LogP contribution in [0.5, 0.6) is 0 Å². The highest BCUT2D eigenvalue weighted by atomic mass is 16.5. The van der Waals surface area contributed by atoms with Crippen molar-refractivity contribution in [1.29, 1.82) is 0 Å². The Bertz CT molecular complexity index is 947. The van der Waals surface area contributed by atoms with Crippen molar-refractivity contribution in [3.63, 3.8) is 0 Å². The molecule has 0 spiro atoms. The molecule has 7 heteroatoms. The summed E-state index contributed by atoms with van der Waals surface area (Å²) in [6.45, 7) is 2.09. The van der Waals surface area contributed by atoms with Crippen LogP contribution in [0.3, 0.4) is 0 Å². The van der Waals surface area contributed by atoms with Gasteiger partial charge in [-0.2, -0.15) is 5.10 Å². The number of ether oxygens (including phenoxy) is 1. The van der Waals surface area contributed by atoms with E-state index >= 15 is 0 Å². The summed E-state index contributed by atoms with van der Waals surface area (Å²) in [5, 5.41) is 3.86. The van der Waals surface area contributed by atoms with Gasteiger partial charge in [0, 0.05) is 11.8 Å². The molecule has 1 amide bonds. The van der Waals surface area contributed by atoms with Gasteiger partial charge in [-0.15, -0.1) is 0 Å². The third-order valence-electron chi connectivity index (χ3n) is 3.56. The number of benzene rings is 1. The molecule has 136 valence electrons. The highest BCUT2D eigenvalue weighted by molar-refractivity contribution is 5.93. The average molecular weight is 363 g/mol. The van der Waals surface area contributed by atoms with Crippen molar-refractivity contribution >= 4 is 18.1 Å². The van der Waals surface area contributed by atoms with Gasteiger partial charge in [0.25, 0.3) is 5.91 Å². The second-order valence-corrected chi connectivity index (χ2v) is 5.41. The summed E-state index contributed by atoms with van der Waals surface area (Å²) in [4.78, 5) is 27.4. The van der Waals surface area contributed by atoms with Crippen LogP contribution in [0.25, 0.3) is 11.3 Å². The number of hydrogen-bond donors (Lipinski definition) is 1. The highest BCUT2D eigenvalue weighted by Crippen LogP contribution is 2.22. The molecule has 0 unspecified atom stereocenters. The van der Waals surface area contributed by atoms with Crippen LogP contribution >= 0.6 is 0 Å². The molecule has 0 radical (unpaired) electrons. The summed E-state index contributed by atoms with van der Waals surface area (Å²) in [6.07, 6.45) is 2.93. The molecule has 1 aromatic carbocycles. The van der Waals surface area contributed by atoms with Crippen molar-refractivity contribution < 1.29 is 18.7 Å². The minimum absolute atomic E-state index is 0.275. The number of furan rings is 1. The Kier molecular flexibility index (Phi) is 5.73. The monoisotopic (exact) mass is 363 g/mol. The average Bonchev–Trinajstić information content (AvgIpc) is 3.18. The van der Waals surface area contributed by atoms with E-state index in [0.717, 1.165) is 5.56 Å². The van der Waals surface area contributed by atoms with Gasteiger partial charge in [0.1, 0.15) is 17.2 Å². The molecule has 7 nitrogen and oxygen atoms in total. The van der Waals surface area contributed by atoms with Crippen molar-refractivity contribution in [2.45, 2.75) is 6.92 Å². The summed E-state index contributed by atoms with van der Waals surface area (Å²) in [6, 6.07) is 15.4. The maximum atomic E-state index is 11.8. The lowest BCUT2D eigenvalue weighted by Crippen LogP contribution is -2.18. The van der Waals surface area contributed by atoms with E-state index in [4.69, 9.17) is 9.15 Å². The van der Waals surface area contributed by atoms with Gasteiger partial charge in [-0.1, -0.05) is 18.2 Å². The molecule has 0 aliphatic heterocycles. The fraction of sp³-hybridized carbons (Fsp3) is 0.100. The topological polar surface area (TPSA) is 93.8 Å². The van der Waals surface area contributed by atoms with Crippen LogP contribution in [-0.4, -0.2) is 29.7 Å². The molecule has 0 saturated carbocycles. The first-order valence-corrected chi connectivity index (χ1v) is 8.29. The molecule has 3 rings (SSSR count). The van der Waals surface area contributed by atoms with Gasteiger partial charge in [-0.3, -0.25) is 9.78 Å². The van der Waals surface area contributed by atoms with Gasteiger partial charge < -0.3 is 9.15 Å². The molecule has 0 aliphatic rings. The van der Waals surface area contributed by atoms with Crippen LogP contribution < -0.4 is 5.43 Å². The standard InChI is InChI=1S/C20H17N3O4/c1-2-26-20(25)15-8-6-14(7-9-15)18-11-10-16(27-18)13-22-23-19(24)17-5-3-4-12-21-17/h3-13H,2H2,1H3,(H,23,24)/b22-13-. The number of hydrazone groups is 1. The predicted molar refractivity (Wildman–Crippen MR) is 99.4 cm³/mol. The van der Waals surface area contributed by atoms with E-state index in [1.807, 2.05) is 0 Å². The smallest absolute Gasteiger partial charge is 0.338 e. The Balaban J connectivity index is 1.63. The number of nitrogens with one attached hydrogen (secondary N) is 1. The number of aromatic nitrogens is 1. The van der Waals surface area contributed by atoms with Gasteiger partial charge in [0.2, 0.25) is 0 Å². The normalized spacial score (nSPS) is 10.7. The molecular weight excluding hydrogens is 346 g/mol. The summed E-state index contributed by atoms with van der Waals surface area (Å²) in [5.41, 5.74) is 3.94. The lowest BCUT2D eigenvalue weighted by Gasteiger charge is -2.02. The van der Waals surface area contributed by atoms with Crippen LogP contribution in [0.4, 0.5) is 0 Å². The quantitative estimate of drug-likeness (QED) is 0.412. The Hall–Kier alpha value is -3.74. The van der Waals surface area contributed by atoms with E-state index in [-0.39, 0.29) is 11.7 Å². The number of nitrogens with zero attached hydrogens (tertiary/aromatic N) is 2. The van der Waals surface area contributed by atoms with Gasteiger partial charge in [-0.05, 0) is 43.3 Å². The van der Waals surface area contributed by atoms with Gasteiger partial charge in [0.05, 0.1) is 18.4 Å². The van der Waals surface area contributed by atoms with Crippen LogP contribution in [0.1, 0.15) is 33.5 Å². The van der Waals surface area contributed by atoms with Gasteiger partial charge >= 0.3 is 5.97 Å². The van der Waals surface area contributed by atoms with Gasteiger partial charge in [-0.25, -0.2) is 10.2 Å². The summed E-state index contributed by atoms with van der Waals surface area (Å²) in [7, 11) is 0. The molecule has 0 atom stereocenters. The van der Waals surface area contributed by atoms with Crippen molar-refractivity contribution in [2.24, 2.45) is 5.10 Å². The highest BCUT2D eigenvalue weighted by Gasteiger charge is 2.08. The number of carbonyl (C=O) groups is 2. The van der Waals surface area contributed by atoms with Gasteiger partial charge in [0.15, 0.2) is 0 Å². The summed E-state index contributed by atoms with van der Waals surface area (Å²) in [5.74, 6) is 0.317. The van der Waals surface area contributed by atoms with E-state index in [1.54, 1.807) is 61.5 Å². The second kappa shape index (κ2) is 8.57. The van der Waals surface area contributed by atoms with Crippen molar-refractivity contribution in [2.75, 3.05) is 6.61 Å². The van der Waals surface area contributed by atoms with E-state index in [0.29, 0.717) is 23.7 Å². The molecule has 0 fully saturated rings. The molecule has 0 aliphatic carbocycles. The van der Waals surface area contributed by atoms with Crippen LogP contribution in [0.2, 0.25) is 0 Å². The number of esters is 1. The van der Waals surface area contributed by atoms with E-state index < -0.39 is 5.91 Å². The number of pyridine rings is 1. The Labute approximate surface area is 155 Å². The van der Waals surface area contributed by atoms with E-state index in [9.17, 15) is 9.59 Å². The van der Waals surface area contributed by atoms with Crippen LogP contribution in [0, 0.1) is 0 Å². The number of carbonyl (C=O) groups excluding carboxylic acids is 2. The molecule has 0 saturated heterocycles. The first-order valence-electron chi connectivity index (χ1n) is 8.29. The van der Waals surface area contributed by atoms with Crippen molar-refractivity contribution in [1.82, 2.24) is 10.4 Å². The summed E-state index contributed by atoms with van der Waals surface area (Å²) < 4.78 is 10.6. The zero-order valence-electron chi connectivity index (χ0n) is 14.6. The Morgan fingerprint density at radius 3 is 2.67 bits per heavy atom. The lowest BCUT2D eigenvalue weighted by molar-refractivity contribution is 0.0526. The van der Waals surface area contributed by atoms with Crippen LogP contribution in [0.15, 0.2) is 70.3 Å². The fourth-order valence-electron chi connectivity index (χ4n) is 2.27. The molecular formula is C20H17N3O4. The third-order valence-corrected chi connectivity index (χ3v) is 3.56. The van der Waals surface area contributed by atoms with Crippen molar-refractivity contribution in [3.8, 4) is 11.3 Å². The fourth-order valence-corrected chi connectivity index (χ4v) is 2.27. The number of amides is 1. The molecule has 0 bridgehead atoms.